The van der Waals surface area contributed by atoms with Gasteiger partial charge in [0.2, 0.25) is 0 Å². The normalized spacial score (nSPS) is 12.3. The average Bonchev–Trinajstić information content (AvgIpc) is 3.20. The molecular weight excluding hydrogens is 534 g/mol. The molecule has 0 aliphatic carbocycles. The molecule has 5 rings (SSSR count). The van der Waals surface area contributed by atoms with E-state index in [2.05, 4.69) is 5.32 Å². The third-order valence-electron chi connectivity index (χ3n) is 6.44. The lowest BCUT2D eigenvalue weighted by Crippen LogP contribution is -2.32. The predicted octanol–water partition coefficient (Wildman–Crippen LogP) is 3.27. The summed E-state index contributed by atoms with van der Waals surface area (Å²) < 4.78 is 10.5. The second-order valence-corrected chi connectivity index (χ2v) is 9.08. The van der Waals surface area contributed by atoms with Crippen molar-refractivity contribution in [3.63, 3.8) is 0 Å². The van der Waals surface area contributed by atoms with E-state index in [4.69, 9.17) is 9.15 Å². The molecule has 0 atom stereocenters. The zero-order chi connectivity index (χ0) is 29.1. The van der Waals surface area contributed by atoms with Crippen LogP contribution in [-0.4, -0.2) is 46.6 Å². The van der Waals surface area contributed by atoms with Crippen molar-refractivity contribution in [2.75, 3.05) is 13.1 Å². The number of hydrogen-bond donors (Lipinski definition) is 1. The number of nitro groups is 1. The van der Waals surface area contributed by atoms with E-state index in [0.717, 1.165) is 16.5 Å². The van der Waals surface area contributed by atoms with Crippen LogP contribution < -0.4 is 15.7 Å². The highest BCUT2D eigenvalue weighted by molar-refractivity contribution is 6.23. The Hall–Kier alpha value is -5.65. The Labute approximate surface area is 231 Å². The number of amides is 3. The van der Waals surface area contributed by atoms with Gasteiger partial charge < -0.3 is 14.5 Å². The molecule has 3 aromatic carbocycles. The summed E-state index contributed by atoms with van der Waals surface area (Å²) >= 11 is 0. The molecule has 0 fully saturated rings. The van der Waals surface area contributed by atoms with Crippen LogP contribution in [0.3, 0.4) is 0 Å². The minimum Gasteiger partial charge on any atom is -0.426 e. The second kappa shape index (κ2) is 11.2. The third-order valence-corrected chi connectivity index (χ3v) is 6.44. The van der Waals surface area contributed by atoms with Crippen molar-refractivity contribution < 1.29 is 33.3 Å². The lowest BCUT2D eigenvalue weighted by Gasteiger charge is -2.13. The minimum atomic E-state index is -0.863. The predicted molar refractivity (Wildman–Crippen MR) is 144 cm³/mol. The zero-order valence-electron chi connectivity index (χ0n) is 21.3. The molecule has 2 heterocycles. The molecule has 0 saturated heterocycles. The van der Waals surface area contributed by atoms with Crippen LogP contribution in [0, 0.1) is 10.1 Å². The number of benzene rings is 3. The van der Waals surface area contributed by atoms with E-state index in [0.29, 0.717) is 18.4 Å². The first-order chi connectivity index (χ1) is 19.7. The van der Waals surface area contributed by atoms with Gasteiger partial charge in [0.25, 0.3) is 23.4 Å². The highest BCUT2D eigenvalue weighted by Crippen LogP contribution is 2.31. The quantitative estimate of drug-likeness (QED) is 0.0814. The van der Waals surface area contributed by atoms with Gasteiger partial charge in [-0.05, 0) is 36.2 Å². The van der Waals surface area contributed by atoms with Crippen LogP contribution in [-0.2, 0) is 11.2 Å². The molecule has 0 saturated carbocycles. The first-order valence-electron chi connectivity index (χ1n) is 12.5. The molecule has 1 aliphatic rings. The van der Waals surface area contributed by atoms with Gasteiger partial charge >= 0.3 is 11.6 Å². The number of carbonyl (C=O) groups is 4. The molecule has 1 N–H and O–H groups in total. The first-order valence-corrected chi connectivity index (χ1v) is 12.5. The van der Waals surface area contributed by atoms with Crippen molar-refractivity contribution in [1.82, 2.24) is 10.2 Å². The lowest BCUT2D eigenvalue weighted by atomic mass is 10.1. The molecule has 4 aromatic rings. The van der Waals surface area contributed by atoms with E-state index >= 15 is 0 Å². The summed E-state index contributed by atoms with van der Waals surface area (Å²) in [6, 6.07) is 18.9. The second-order valence-electron chi connectivity index (χ2n) is 9.08. The standard InChI is InChI=1S/C29H21N3O9/c33-24(12-14-31-27(35)20-7-4-8-22(32(38)39)25(20)28(31)36)40-19-10-9-18-15-21(29(37)41-23(18)16-19)26(34)30-13-11-17-5-2-1-3-6-17/h1-10,15-16H,11-14H2,(H,30,34). The Morgan fingerprint density at radius 3 is 2.49 bits per heavy atom. The van der Waals surface area contributed by atoms with E-state index in [1.54, 1.807) is 0 Å². The summed E-state index contributed by atoms with van der Waals surface area (Å²) in [4.78, 5) is 74.0. The Bertz CT molecular complexity index is 1780. The summed E-state index contributed by atoms with van der Waals surface area (Å²) in [5.41, 5.74) is -0.830. The van der Waals surface area contributed by atoms with Crippen LogP contribution in [0.15, 0.2) is 82.0 Å². The van der Waals surface area contributed by atoms with E-state index in [-0.39, 0.29) is 41.0 Å². The maximum absolute atomic E-state index is 12.7. The summed E-state index contributed by atoms with van der Waals surface area (Å²) in [6.45, 7) is -0.0272. The Morgan fingerprint density at radius 1 is 0.951 bits per heavy atom. The van der Waals surface area contributed by atoms with Crippen LogP contribution in [0.1, 0.15) is 43.1 Å². The van der Waals surface area contributed by atoms with Crippen LogP contribution in [0.25, 0.3) is 11.0 Å². The van der Waals surface area contributed by atoms with Gasteiger partial charge in [0, 0.05) is 30.6 Å². The number of imide groups is 1. The number of carbonyl (C=O) groups excluding carboxylic acids is 4. The van der Waals surface area contributed by atoms with Gasteiger partial charge in [0.15, 0.2) is 0 Å². The highest BCUT2D eigenvalue weighted by atomic mass is 16.6. The Kier molecular flexibility index (Phi) is 7.37. The highest BCUT2D eigenvalue weighted by Gasteiger charge is 2.40. The zero-order valence-corrected chi connectivity index (χ0v) is 21.3. The monoisotopic (exact) mass is 555 g/mol. The van der Waals surface area contributed by atoms with Gasteiger partial charge in [0.05, 0.1) is 16.9 Å². The summed E-state index contributed by atoms with van der Waals surface area (Å²) in [5, 5.41) is 14.4. The molecule has 0 spiro atoms. The number of fused-ring (bicyclic) bond motifs is 2. The maximum Gasteiger partial charge on any atom is 0.349 e. The molecule has 3 amide bonds. The molecule has 12 heteroatoms. The molecule has 0 radical (unpaired) electrons. The molecule has 1 aromatic heterocycles. The third kappa shape index (κ3) is 5.57. The lowest BCUT2D eigenvalue weighted by molar-refractivity contribution is -0.385. The van der Waals surface area contributed by atoms with Gasteiger partial charge in [0.1, 0.15) is 22.5 Å². The molecule has 41 heavy (non-hydrogen) atoms. The van der Waals surface area contributed by atoms with Crippen molar-refractivity contribution in [3.8, 4) is 5.75 Å². The van der Waals surface area contributed by atoms with Gasteiger partial charge in [-0.25, -0.2) is 4.79 Å². The fraction of sp³-hybridized carbons (Fsp3) is 0.138. The Morgan fingerprint density at radius 2 is 1.73 bits per heavy atom. The van der Waals surface area contributed by atoms with E-state index in [1.807, 2.05) is 30.3 Å². The fourth-order valence-corrected chi connectivity index (χ4v) is 4.43. The largest absolute Gasteiger partial charge is 0.426 e. The number of nitrogens with one attached hydrogen (secondary N) is 1. The van der Waals surface area contributed by atoms with Crippen molar-refractivity contribution in [1.29, 1.82) is 0 Å². The minimum absolute atomic E-state index is 0.0312. The SMILES string of the molecule is O=C(CCN1C(=O)c2cccc([N+](=O)[O-])c2C1=O)Oc1ccc2cc(C(=O)NCCc3ccccc3)c(=O)oc2c1. The number of ether oxygens (including phenoxy) is 1. The van der Waals surface area contributed by atoms with E-state index in [9.17, 15) is 34.1 Å². The van der Waals surface area contributed by atoms with Gasteiger partial charge in [-0.15, -0.1) is 0 Å². The number of esters is 1. The fourth-order valence-electron chi connectivity index (χ4n) is 4.43. The van der Waals surface area contributed by atoms with Crippen molar-refractivity contribution in [3.05, 3.63) is 116 Å². The number of hydrogen-bond acceptors (Lipinski definition) is 9. The molecule has 12 nitrogen and oxygen atoms in total. The first kappa shape index (κ1) is 26.9. The van der Waals surface area contributed by atoms with Crippen molar-refractivity contribution in [2.24, 2.45) is 0 Å². The molecule has 1 aliphatic heterocycles. The van der Waals surface area contributed by atoms with Crippen molar-refractivity contribution >= 4 is 40.3 Å². The van der Waals surface area contributed by atoms with Crippen LogP contribution >= 0.6 is 0 Å². The van der Waals surface area contributed by atoms with Gasteiger partial charge in [-0.2, -0.15) is 0 Å². The molecule has 206 valence electrons. The van der Waals surface area contributed by atoms with E-state index < -0.39 is 39.9 Å². The van der Waals surface area contributed by atoms with Gasteiger partial charge in [-0.1, -0.05) is 36.4 Å². The average molecular weight is 555 g/mol. The number of rotatable bonds is 9. The topological polar surface area (TPSA) is 166 Å². The van der Waals surface area contributed by atoms with Gasteiger partial charge in [-0.3, -0.25) is 34.2 Å². The van der Waals surface area contributed by atoms with Crippen molar-refractivity contribution in [2.45, 2.75) is 12.8 Å². The van der Waals surface area contributed by atoms with Crippen LogP contribution in [0.4, 0.5) is 5.69 Å². The molecule has 0 unspecified atom stereocenters. The smallest absolute Gasteiger partial charge is 0.349 e. The summed E-state index contributed by atoms with van der Waals surface area (Å²) in [5.74, 6) is -2.95. The molecular formula is C29H21N3O9. The van der Waals surface area contributed by atoms with Crippen LogP contribution in [0.5, 0.6) is 5.75 Å². The summed E-state index contributed by atoms with van der Waals surface area (Å²) in [7, 11) is 0. The van der Waals surface area contributed by atoms with Crippen LogP contribution in [0.2, 0.25) is 0 Å². The summed E-state index contributed by atoms with van der Waals surface area (Å²) in [6.07, 6.45) is 0.205. The molecule has 0 bridgehead atoms. The Balaban J connectivity index is 1.21. The number of nitro benzene ring substituents is 1. The van der Waals surface area contributed by atoms with E-state index in [1.165, 1.54) is 36.4 Å². The maximum atomic E-state index is 12.7. The number of nitrogens with zero attached hydrogens (tertiary/aromatic N) is 2.